The Balaban J connectivity index is 1.29. The molecule has 0 unspecified atom stereocenters. The minimum Gasteiger partial charge on any atom is -0.497 e. The van der Waals surface area contributed by atoms with Crippen molar-refractivity contribution < 1.29 is 22.4 Å². The molecule has 3 heterocycles. The Morgan fingerprint density at radius 1 is 0.956 bits per heavy atom. The average Bonchev–Trinajstić information content (AvgIpc) is 3.88. The van der Waals surface area contributed by atoms with Crippen LogP contribution in [0.1, 0.15) is 35.6 Å². The number of hydrogen-bond donors (Lipinski definition) is 2. The van der Waals surface area contributed by atoms with Gasteiger partial charge in [0, 0.05) is 35.0 Å². The Hall–Kier alpha value is -5.21. The van der Waals surface area contributed by atoms with Crippen LogP contribution in [0.25, 0.3) is 22.6 Å². The first kappa shape index (κ1) is 29.8. The van der Waals surface area contributed by atoms with E-state index in [9.17, 15) is 17.8 Å². The van der Waals surface area contributed by atoms with Crippen LogP contribution in [0.3, 0.4) is 0 Å². The molecule has 1 fully saturated rings. The van der Waals surface area contributed by atoms with Crippen LogP contribution in [0, 0.1) is 0 Å². The number of rotatable bonds is 11. The molecule has 0 spiro atoms. The molecule has 14 heteroatoms. The Bertz CT molecular complexity index is 2010. The number of nitrogens with zero attached hydrogens (tertiary/aromatic N) is 6. The summed E-state index contributed by atoms with van der Waals surface area (Å²) in [5, 5.41) is 7.71. The molecule has 1 saturated carbocycles. The quantitative estimate of drug-likeness (QED) is 0.200. The fourth-order valence-corrected chi connectivity index (χ4v) is 5.44. The van der Waals surface area contributed by atoms with Gasteiger partial charge in [0.15, 0.2) is 5.82 Å². The van der Waals surface area contributed by atoms with Crippen LogP contribution < -0.4 is 20.3 Å². The van der Waals surface area contributed by atoms with Gasteiger partial charge in [-0.3, -0.25) is 9.35 Å². The summed E-state index contributed by atoms with van der Waals surface area (Å²) < 4.78 is 45.3. The molecule has 1 aliphatic rings. The highest BCUT2D eigenvalue weighted by atomic mass is 32.2. The molecule has 0 bridgehead atoms. The van der Waals surface area contributed by atoms with Gasteiger partial charge < -0.3 is 14.8 Å². The van der Waals surface area contributed by atoms with Gasteiger partial charge in [0.05, 0.1) is 32.2 Å². The highest BCUT2D eigenvalue weighted by Crippen LogP contribution is 2.45. The molecule has 3 aromatic heterocycles. The van der Waals surface area contributed by atoms with E-state index in [1.165, 1.54) is 30.4 Å². The lowest BCUT2D eigenvalue weighted by Gasteiger charge is -2.15. The Morgan fingerprint density at radius 2 is 1.71 bits per heavy atom. The molecule has 2 aromatic carbocycles. The number of ether oxygens (including phenoxy) is 2. The lowest BCUT2D eigenvalue weighted by atomic mass is 10.1. The number of benzene rings is 2. The van der Waals surface area contributed by atoms with Gasteiger partial charge in [-0.1, -0.05) is 24.3 Å². The Labute approximate surface area is 258 Å². The van der Waals surface area contributed by atoms with Crippen LogP contribution >= 0.6 is 0 Å². The van der Waals surface area contributed by atoms with E-state index in [0.717, 1.165) is 35.4 Å². The highest BCUT2D eigenvalue weighted by molar-refractivity contribution is 7.85. The molecule has 1 aliphatic carbocycles. The van der Waals surface area contributed by atoms with Gasteiger partial charge in [-0.25, -0.2) is 24.6 Å². The van der Waals surface area contributed by atoms with Crippen molar-refractivity contribution in [1.29, 1.82) is 0 Å². The lowest BCUT2D eigenvalue weighted by molar-refractivity contribution is 0.397. The number of aromatic nitrogens is 6. The standard InChI is InChI=1S/C31H29N7O6S/c1-43-24-11-3-19(4-12-24)16-38-26(39)14-13-25(37-38)20-7-9-23(10-8-20)35-29-22(17-45(40,41)42)15-32-30(36-29)27-28(21-5-6-21)33-18-34-31(27)44-2/h3-4,7-15,18,21H,5-6,16-17H2,1-2H3,(H,32,35,36)(H,40,41,42). The first-order valence-corrected chi connectivity index (χ1v) is 15.6. The number of nitrogens with one attached hydrogen (secondary N) is 1. The maximum absolute atomic E-state index is 12.5. The summed E-state index contributed by atoms with van der Waals surface area (Å²) in [6.07, 6.45) is 4.73. The molecule has 0 radical (unpaired) electrons. The van der Waals surface area contributed by atoms with Gasteiger partial charge in [-0.05, 0) is 48.7 Å². The van der Waals surface area contributed by atoms with E-state index in [4.69, 9.17) is 9.47 Å². The molecule has 5 aromatic rings. The Morgan fingerprint density at radius 3 is 2.38 bits per heavy atom. The highest BCUT2D eigenvalue weighted by Gasteiger charge is 2.31. The predicted octanol–water partition coefficient (Wildman–Crippen LogP) is 4.23. The van der Waals surface area contributed by atoms with E-state index in [2.05, 4.69) is 30.4 Å². The van der Waals surface area contributed by atoms with Gasteiger partial charge in [-0.2, -0.15) is 13.5 Å². The van der Waals surface area contributed by atoms with Gasteiger partial charge in [0.25, 0.3) is 15.7 Å². The van der Waals surface area contributed by atoms with E-state index in [1.807, 2.05) is 36.4 Å². The van der Waals surface area contributed by atoms with Crippen LogP contribution in [-0.4, -0.2) is 56.9 Å². The van der Waals surface area contributed by atoms with Gasteiger partial charge in [0.1, 0.15) is 29.2 Å². The Kier molecular flexibility index (Phi) is 8.24. The van der Waals surface area contributed by atoms with E-state index in [0.29, 0.717) is 29.4 Å². The molecule has 45 heavy (non-hydrogen) atoms. The molecule has 230 valence electrons. The second-order valence-electron chi connectivity index (χ2n) is 10.5. The van der Waals surface area contributed by atoms with E-state index < -0.39 is 15.9 Å². The summed E-state index contributed by atoms with van der Waals surface area (Å²) in [4.78, 5) is 30.2. The third-order valence-corrected chi connectivity index (χ3v) is 7.90. The number of hydrogen-bond acceptors (Lipinski definition) is 11. The molecular formula is C31H29N7O6S. The zero-order valence-electron chi connectivity index (χ0n) is 24.4. The zero-order valence-corrected chi connectivity index (χ0v) is 25.2. The molecule has 13 nitrogen and oxygen atoms in total. The summed E-state index contributed by atoms with van der Waals surface area (Å²) in [6, 6.07) is 17.7. The van der Waals surface area contributed by atoms with Crippen molar-refractivity contribution in [3.63, 3.8) is 0 Å². The lowest BCUT2D eigenvalue weighted by Crippen LogP contribution is -2.22. The summed E-state index contributed by atoms with van der Waals surface area (Å²) in [5.41, 5.74) is 4.07. The summed E-state index contributed by atoms with van der Waals surface area (Å²) in [6.45, 7) is 0.294. The summed E-state index contributed by atoms with van der Waals surface area (Å²) in [7, 11) is -1.29. The van der Waals surface area contributed by atoms with Gasteiger partial charge >= 0.3 is 0 Å². The van der Waals surface area contributed by atoms with Crippen molar-refractivity contribution in [2.24, 2.45) is 0 Å². The molecule has 0 aliphatic heterocycles. The summed E-state index contributed by atoms with van der Waals surface area (Å²) >= 11 is 0. The first-order chi connectivity index (χ1) is 21.7. The van der Waals surface area contributed by atoms with E-state index in [1.54, 1.807) is 25.3 Å². The molecule has 2 N–H and O–H groups in total. The minimum absolute atomic E-state index is 0.168. The second kappa shape index (κ2) is 12.4. The largest absolute Gasteiger partial charge is 0.497 e. The SMILES string of the molecule is COc1ccc(Cn2nc(-c3ccc(Nc4nc(-c5c(OC)ncnc5C5CC5)ncc4CS(=O)(=O)O)cc3)ccc2=O)cc1. The topological polar surface area (TPSA) is 171 Å². The number of methoxy groups -OCH3 is 2. The third-order valence-electron chi connectivity index (χ3n) is 7.23. The van der Waals surface area contributed by atoms with Crippen molar-refractivity contribution in [3.05, 3.63) is 100 Å². The predicted molar refractivity (Wildman–Crippen MR) is 166 cm³/mol. The molecule has 0 atom stereocenters. The average molecular weight is 628 g/mol. The first-order valence-electron chi connectivity index (χ1n) is 14.0. The molecule has 0 amide bonds. The third kappa shape index (κ3) is 6.97. The van der Waals surface area contributed by atoms with Crippen LogP contribution in [0.2, 0.25) is 0 Å². The van der Waals surface area contributed by atoms with Crippen LogP contribution in [0.5, 0.6) is 11.6 Å². The van der Waals surface area contributed by atoms with Crippen LogP contribution in [0.15, 0.2) is 78.0 Å². The van der Waals surface area contributed by atoms with Crippen molar-refractivity contribution in [2.75, 3.05) is 19.5 Å². The smallest absolute Gasteiger partial charge is 0.269 e. The van der Waals surface area contributed by atoms with Crippen molar-refractivity contribution in [3.8, 4) is 34.3 Å². The van der Waals surface area contributed by atoms with Crippen molar-refractivity contribution >= 4 is 21.6 Å². The molecule has 6 rings (SSSR count). The van der Waals surface area contributed by atoms with Crippen LogP contribution in [-0.2, 0) is 22.4 Å². The zero-order chi connectivity index (χ0) is 31.6. The number of anilines is 2. The van der Waals surface area contributed by atoms with Crippen molar-refractivity contribution in [2.45, 2.75) is 31.1 Å². The molecule has 0 saturated heterocycles. The van der Waals surface area contributed by atoms with Gasteiger partial charge in [-0.15, -0.1) is 0 Å². The normalized spacial score (nSPS) is 13.0. The maximum Gasteiger partial charge on any atom is 0.269 e. The van der Waals surface area contributed by atoms with Crippen LogP contribution in [0.4, 0.5) is 11.5 Å². The minimum atomic E-state index is -4.38. The van der Waals surface area contributed by atoms with E-state index >= 15 is 0 Å². The van der Waals surface area contributed by atoms with Crippen molar-refractivity contribution in [1.82, 2.24) is 29.7 Å². The fraction of sp³-hybridized carbons (Fsp3) is 0.226. The van der Waals surface area contributed by atoms with Gasteiger partial charge in [0.2, 0.25) is 5.88 Å². The maximum atomic E-state index is 12.5. The summed E-state index contributed by atoms with van der Waals surface area (Å²) in [5.74, 6) is 1.03. The monoisotopic (exact) mass is 627 g/mol. The van der Waals surface area contributed by atoms with E-state index in [-0.39, 0.29) is 28.7 Å². The fourth-order valence-electron chi connectivity index (χ4n) is 4.83. The molecular weight excluding hydrogens is 598 g/mol. The second-order valence-corrected chi connectivity index (χ2v) is 11.9.